The molecule has 0 aliphatic rings. The fourth-order valence-corrected chi connectivity index (χ4v) is 0.479. The first-order valence-corrected chi connectivity index (χ1v) is 3.32. The van der Waals surface area contributed by atoms with Crippen LogP contribution in [-0.2, 0) is 9.53 Å². The van der Waals surface area contributed by atoms with Crippen LogP contribution in [0.15, 0.2) is 37.1 Å². The van der Waals surface area contributed by atoms with Gasteiger partial charge in [0.15, 0.2) is 11.6 Å². The minimum Gasteiger partial charge on any atom is -0.437 e. The average Bonchev–Trinajstić information content (AvgIpc) is 2.13. The van der Waals surface area contributed by atoms with E-state index in [2.05, 4.69) is 11.3 Å². The average molecular weight is 186 g/mol. The quantitative estimate of drug-likeness (QED) is 0.523. The van der Waals surface area contributed by atoms with E-state index in [-0.39, 0.29) is 0 Å². The highest BCUT2D eigenvalue weighted by molar-refractivity contribution is 5.37. The number of hydrogen-bond acceptors (Lipinski definition) is 2. The largest absolute Gasteiger partial charge is 0.437 e. The van der Waals surface area contributed by atoms with Gasteiger partial charge in [-0.05, 0) is 12.1 Å². The highest BCUT2D eigenvalue weighted by Crippen LogP contribution is 2.01. The molecule has 0 aliphatic carbocycles. The monoisotopic (exact) mass is 186 g/mol. The molecular formula is C9H8F2O2. The Hall–Kier alpha value is -1.71. The van der Waals surface area contributed by atoms with Crippen molar-refractivity contribution in [2.24, 2.45) is 0 Å². The van der Waals surface area contributed by atoms with E-state index in [9.17, 15) is 8.78 Å². The highest BCUT2D eigenvalue weighted by atomic mass is 19.2. The minimum absolute atomic E-state index is 0.312. The number of carbonyl (C=O) groups excluding carboxylic acids is 1. The topological polar surface area (TPSA) is 26.3 Å². The molecule has 0 bridgehead atoms. The molecule has 0 fully saturated rings. The maximum Gasteiger partial charge on any atom is 0.297 e. The summed E-state index contributed by atoms with van der Waals surface area (Å²) >= 11 is 0. The van der Waals surface area contributed by atoms with Crippen LogP contribution in [0.4, 0.5) is 8.78 Å². The zero-order valence-corrected chi connectivity index (χ0v) is 6.74. The zero-order valence-electron chi connectivity index (χ0n) is 6.74. The van der Waals surface area contributed by atoms with Crippen LogP contribution in [0.25, 0.3) is 0 Å². The maximum atomic E-state index is 11.9. The first-order valence-electron chi connectivity index (χ1n) is 3.32. The van der Waals surface area contributed by atoms with E-state index in [1.165, 1.54) is 12.1 Å². The molecule has 0 amide bonds. The van der Waals surface area contributed by atoms with E-state index in [4.69, 9.17) is 4.79 Å². The summed E-state index contributed by atoms with van der Waals surface area (Å²) in [4.78, 5) is 9.11. The van der Waals surface area contributed by atoms with Gasteiger partial charge in [-0.15, -0.1) is 0 Å². The summed E-state index contributed by atoms with van der Waals surface area (Å²) in [6.07, 6.45) is 1.06. The fraction of sp³-hybridized carbons (Fsp3) is 0. The lowest BCUT2D eigenvalue weighted by Gasteiger charge is -1.85. The van der Waals surface area contributed by atoms with Gasteiger partial charge in [0.25, 0.3) is 6.47 Å². The lowest BCUT2D eigenvalue weighted by Crippen LogP contribution is -1.77. The van der Waals surface area contributed by atoms with Crippen LogP contribution < -0.4 is 0 Å². The molecule has 0 saturated carbocycles. The number of carbonyl (C=O) groups is 1. The van der Waals surface area contributed by atoms with Crippen molar-refractivity contribution < 1.29 is 18.3 Å². The number of benzene rings is 1. The summed E-state index contributed by atoms with van der Waals surface area (Å²) < 4.78 is 27.8. The zero-order chi connectivity index (χ0) is 10.1. The van der Waals surface area contributed by atoms with Gasteiger partial charge in [-0.3, -0.25) is 4.79 Å². The Bertz CT molecular complexity index is 247. The van der Waals surface area contributed by atoms with Crippen molar-refractivity contribution in [3.8, 4) is 0 Å². The second-order valence-corrected chi connectivity index (χ2v) is 1.81. The lowest BCUT2D eigenvalue weighted by atomic mass is 10.3. The molecule has 70 valence electrons. The van der Waals surface area contributed by atoms with E-state index in [0.717, 1.165) is 18.4 Å². The van der Waals surface area contributed by atoms with Crippen LogP contribution >= 0.6 is 0 Å². The first-order chi connectivity index (χ1) is 6.22. The number of halogens is 2. The third kappa shape index (κ3) is 5.55. The summed E-state index contributed by atoms with van der Waals surface area (Å²) in [6, 6.07) is 5.04. The Morgan fingerprint density at radius 3 is 1.85 bits per heavy atom. The lowest BCUT2D eigenvalue weighted by molar-refractivity contribution is -0.123. The molecule has 0 radical (unpaired) electrons. The molecular weight excluding hydrogens is 178 g/mol. The summed E-state index contributed by atoms with van der Waals surface area (Å²) in [7, 11) is 0. The third-order valence-corrected chi connectivity index (χ3v) is 0.976. The van der Waals surface area contributed by atoms with Gasteiger partial charge in [0, 0.05) is 0 Å². The minimum atomic E-state index is -0.799. The van der Waals surface area contributed by atoms with Gasteiger partial charge in [0.1, 0.15) is 0 Å². The molecule has 0 spiro atoms. The first kappa shape index (κ1) is 11.3. The molecule has 0 heterocycles. The molecule has 0 N–H and O–H groups in total. The summed E-state index contributed by atoms with van der Waals surface area (Å²) in [6.45, 7) is 3.41. The Morgan fingerprint density at radius 2 is 1.69 bits per heavy atom. The smallest absolute Gasteiger partial charge is 0.297 e. The van der Waals surface area contributed by atoms with Gasteiger partial charge >= 0.3 is 0 Å². The molecule has 1 aromatic rings. The van der Waals surface area contributed by atoms with Crippen LogP contribution in [0, 0.1) is 11.6 Å². The molecule has 0 atom stereocenters. The Balaban J connectivity index is 0.000000252. The molecule has 1 rings (SSSR count). The van der Waals surface area contributed by atoms with Crippen LogP contribution in [0.1, 0.15) is 0 Å². The summed E-state index contributed by atoms with van der Waals surface area (Å²) in [5.41, 5.74) is 0. The van der Waals surface area contributed by atoms with E-state index in [1.54, 1.807) is 0 Å². The van der Waals surface area contributed by atoms with Crippen LogP contribution in [0.3, 0.4) is 0 Å². The normalized spacial score (nSPS) is 7.85. The van der Waals surface area contributed by atoms with Crippen molar-refractivity contribution in [1.82, 2.24) is 0 Å². The second kappa shape index (κ2) is 6.97. The van der Waals surface area contributed by atoms with E-state index in [0.29, 0.717) is 6.47 Å². The predicted octanol–water partition coefficient (Wildman–Crippen LogP) is 2.27. The van der Waals surface area contributed by atoms with Gasteiger partial charge in [0.2, 0.25) is 0 Å². The van der Waals surface area contributed by atoms with Crippen LogP contribution in [-0.4, -0.2) is 6.47 Å². The maximum absolute atomic E-state index is 11.9. The molecule has 0 saturated heterocycles. The predicted molar refractivity (Wildman–Crippen MR) is 43.7 cm³/mol. The highest BCUT2D eigenvalue weighted by Gasteiger charge is 1.93. The van der Waals surface area contributed by atoms with Crippen LogP contribution in [0.5, 0.6) is 0 Å². The Labute approximate surface area is 74.4 Å². The second-order valence-electron chi connectivity index (χ2n) is 1.81. The third-order valence-electron chi connectivity index (χ3n) is 0.976. The van der Waals surface area contributed by atoms with Crippen molar-refractivity contribution in [3.63, 3.8) is 0 Å². The summed E-state index contributed by atoms with van der Waals surface area (Å²) in [5, 5.41) is 0. The molecule has 0 aromatic heterocycles. The standard InChI is InChI=1S/C6H4F2.C3H4O2/c7-5-3-1-2-4-6(5)8;1-2-5-3-4/h1-4H;2-3H,1H2. The van der Waals surface area contributed by atoms with Crippen LogP contribution in [0.2, 0.25) is 0 Å². The fourth-order valence-electron chi connectivity index (χ4n) is 0.479. The van der Waals surface area contributed by atoms with E-state index < -0.39 is 11.6 Å². The SMILES string of the molecule is C=COC=O.Fc1ccccc1F. The van der Waals surface area contributed by atoms with Gasteiger partial charge in [-0.1, -0.05) is 18.7 Å². The molecule has 1 aromatic carbocycles. The van der Waals surface area contributed by atoms with Crippen molar-refractivity contribution in [2.75, 3.05) is 0 Å². The molecule has 4 heteroatoms. The van der Waals surface area contributed by atoms with Gasteiger partial charge in [0.05, 0.1) is 6.26 Å². The van der Waals surface area contributed by atoms with Gasteiger partial charge in [-0.2, -0.15) is 0 Å². The Morgan fingerprint density at radius 1 is 1.23 bits per heavy atom. The van der Waals surface area contributed by atoms with Gasteiger partial charge < -0.3 is 4.74 Å². The molecule has 0 unspecified atom stereocenters. The van der Waals surface area contributed by atoms with Crippen molar-refractivity contribution in [2.45, 2.75) is 0 Å². The number of ether oxygens (including phenoxy) is 1. The molecule has 2 nitrogen and oxygen atoms in total. The van der Waals surface area contributed by atoms with Crippen molar-refractivity contribution in [1.29, 1.82) is 0 Å². The molecule has 0 aliphatic heterocycles. The molecule has 13 heavy (non-hydrogen) atoms. The van der Waals surface area contributed by atoms with E-state index in [1.807, 2.05) is 0 Å². The number of rotatable bonds is 2. The van der Waals surface area contributed by atoms with Gasteiger partial charge in [-0.25, -0.2) is 8.78 Å². The van der Waals surface area contributed by atoms with Crippen molar-refractivity contribution in [3.05, 3.63) is 48.7 Å². The van der Waals surface area contributed by atoms with E-state index >= 15 is 0 Å². The van der Waals surface area contributed by atoms with Crippen molar-refractivity contribution >= 4 is 6.47 Å². The number of hydrogen-bond donors (Lipinski definition) is 0. The summed E-state index contributed by atoms with van der Waals surface area (Å²) in [5.74, 6) is -1.60. The Kier molecular flexibility index (Phi) is 6.05.